The van der Waals surface area contributed by atoms with E-state index in [1.54, 1.807) is 4.90 Å². The number of amides is 2. The highest BCUT2D eigenvalue weighted by atomic mass is 16.2. The molecule has 0 saturated carbocycles. The molecule has 1 aromatic carbocycles. The van der Waals surface area contributed by atoms with Crippen molar-refractivity contribution in [2.75, 3.05) is 26.7 Å². The van der Waals surface area contributed by atoms with Gasteiger partial charge >= 0.3 is 0 Å². The quantitative estimate of drug-likeness (QED) is 0.894. The van der Waals surface area contributed by atoms with Gasteiger partial charge in [-0.1, -0.05) is 18.2 Å². The smallest absolute Gasteiger partial charge is 0.236 e. The lowest BCUT2D eigenvalue weighted by Crippen LogP contribution is -2.44. The lowest BCUT2D eigenvalue weighted by molar-refractivity contribution is -0.132. The van der Waals surface area contributed by atoms with Crippen molar-refractivity contribution in [1.82, 2.24) is 9.80 Å². The van der Waals surface area contributed by atoms with Crippen LogP contribution >= 0.6 is 0 Å². The summed E-state index contributed by atoms with van der Waals surface area (Å²) in [7, 11) is 1.85. The summed E-state index contributed by atoms with van der Waals surface area (Å²) in [4.78, 5) is 27.5. The van der Waals surface area contributed by atoms with E-state index in [1.165, 1.54) is 16.7 Å². The summed E-state index contributed by atoms with van der Waals surface area (Å²) in [5, 5.41) is 0. The molecule has 126 valence electrons. The van der Waals surface area contributed by atoms with Crippen molar-refractivity contribution < 1.29 is 9.59 Å². The minimum atomic E-state index is -0.219. The SMILES string of the molecule is Cc1cccc(CN(C)C(=O)CN2CCC(C(N)=O)CC2)c1C. The van der Waals surface area contributed by atoms with Crippen LogP contribution in [0.25, 0.3) is 0 Å². The molecule has 2 rings (SSSR count). The van der Waals surface area contributed by atoms with Gasteiger partial charge in [-0.05, 0) is 56.5 Å². The molecule has 1 saturated heterocycles. The van der Waals surface area contributed by atoms with Crippen LogP contribution < -0.4 is 5.73 Å². The zero-order valence-corrected chi connectivity index (χ0v) is 14.3. The molecule has 1 fully saturated rings. The van der Waals surface area contributed by atoms with Crippen molar-refractivity contribution in [3.8, 4) is 0 Å². The molecule has 0 aliphatic carbocycles. The van der Waals surface area contributed by atoms with E-state index in [-0.39, 0.29) is 17.7 Å². The fourth-order valence-electron chi connectivity index (χ4n) is 3.01. The molecule has 5 nitrogen and oxygen atoms in total. The zero-order valence-electron chi connectivity index (χ0n) is 14.3. The largest absolute Gasteiger partial charge is 0.369 e. The lowest BCUT2D eigenvalue weighted by atomic mass is 9.96. The van der Waals surface area contributed by atoms with Gasteiger partial charge in [-0.3, -0.25) is 14.5 Å². The number of nitrogens with two attached hydrogens (primary N) is 1. The predicted molar refractivity (Wildman–Crippen MR) is 90.7 cm³/mol. The number of hydrogen-bond acceptors (Lipinski definition) is 3. The summed E-state index contributed by atoms with van der Waals surface area (Å²) in [6.45, 7) is 6.74. The van der Waals surface area contributed by atoms with Crippen molar-refractivity contribution in [1.29, 1.82) is 0 Å². The Morgan fingerprint density at radius 1 is 1.26 bits per heavy atom. The van der Waals surface area contributed by atoms with Crippen molar-refractivity contribution >= 4 is 11.8 Å². The molecule has 1 heterocycles. The maximum Gasteiger partial charge on any atom is 0.236 e. The Bertz CT molecular complexity index is 578. The second-order valence-electron chi connectivity index (χ2n) is 6.56. The van der Waals surface area contributed by atoms with Crippen LogP contribution in [-0.2, 0) is 16.1 Å². The summed E-state index contributed by atoms with van der Waals surface area (Å²) in [5.74, 6) is -0.138. The molecule has 1 aliphatic heterocycles. The predicted octanol–water partition coefficient (Wildman–Crippen LogP) is 1.46. The number of primary amides is 1. The summed E-state index contributed by atoms with van der Waals surface area (Å²) in [6.07, 6.45) is 1.51. The molecule has 1 aliphatic rings. The molecule has 23 heavy (non-hydrogen) atoms. The molecule has 0 spiro atoms. The van der Waals surface area contributed by atoms with Crippen LogP contribution in [0.5, 0.6) is 0 Å². The monoisotopic (exact) mass is 317 g/mol. The topological polar surface area (TPSA) is 66.6 Å². The van der Waals surface area contributed by atoms with E-state index in [2.05, 4.69) is 30.9 Å². The Kier molecular flexibility index (Phi) is 5.77. The van der Waals surface area contributed by atoms with Crippen LogP contribution in [0, 0.1) is 19.8 Å². The van der Waals surface area contributed by atoms with Crippen molar-refractivity contribution in [3.63, 3.8) is 0 Å². The van der Waals surface area contributed by atoms with Crippen LogP contribution in [-0.4, -0.2) is 48.3 Å². The Balaban J connectivity index is 1.86. The third-order valence-electron chi connectivity index (χ3n) is 4.90. The maximum absolute atomic E-state index is 12.4. The number of aryl methyl sites for hydroxylation is 1. The molecule has 0 radical (unpaired) electrons. The molecule has 5 heteroatoms. The number of carbonyl (C=O) groups is 2. The molecule has 1 aromatic rings. The van der Waals surface area contributed by atoms with Crippen molar-refractivity contribution in [2.45, 2.75) is 33.2 Å². The molecule has 2 amide bonds. The summed E-state index contributed by atoms with van der Waals surface area (Å²) in [6, 6.07) is 6.19. The van der Waals surface area contributed by atoms with Gasteiger partial charge in [-0.15, -0.1) is 0 Å². The van der Waals surface area contributed by atoms with Gasteiger partial charge < -0.3 is 10.6 Å². The van der Waals surface area contributed by atoms with E-state index < -0.39 is 0 Å². The van der Waals surface area contributed by atoms with E-state index in [1.807, 2.05) is 13.1 Å². The Morgan fingerprint density at radius 2 is 1.91 bits per heavy atom. The summed E-state index contributed by atoms with van der Waals surface area (Å²) < 4.78 is 0. The highest BCUT2D eigenvalue weighted by Crippen LogP contribution is 2.17. The number of piperidine rings is 1. The van der Waals surface area contributed by atoms with Crippen LogP contribution in [0.3, 0.4) is 0 Å². The first-order valence-electron chi connectivity index (χ1n) is 8.19. The van der Waals surface area contributed by atoms with E-state index >= 15 is 0 Å². The molecule has 0 unspecified atom stereocenters. The number of hydrogen-bond donors (Lipinski definition) is 1. The Morgan fingerprint density at radius 3 is 2.52 bits per heavy atom. The molecule has 2 N–H and O–H groups in total. The fraction of sp³-hybridized carbons (Fsp3) is 0.556. The summed E-state index contributed by atoms with van der Waals surface area (Å²) in [5.41, 5.74) is 9.02. The van der Waals surface area contributed by atoms with Gasteiger partial charge in [0, 0.05) is 19.5 Å². The molecule has 0 bridgehead atoms. The number of carbonyl (C=O) groups excluding carboxylic acids is 2. The fourth-order valence-corrected chi connectivity index (χ4v) is 3.01. The van der Waals surface area contributed by atoms with Crippen LogP contribution in [0.4, 0.5) is 0 Å². The number of rotatable bonds is 5. The van der Waals surface area contributed by atoms with Gasteiger partial charge in [0.15, 0.2) is 0 Å². The van der Waals surface area contributed by atoms with Gasteiger partial charge in [0.25, 0.3) is 0 Å². The third kappa shape index (κ3) is 4.55. The average molecular weight is 317 g/mol. The number of nitrogens with zero attached hydrogens (tertiary/aromatic N) is 2. The van der Waals surface area contributed by atoms with E-state index in [4.69, 9.17) is 5.73 Å². The van der Waals surface area contributed by atoms with E-state index in [0.29, 0.717) is 13.1 Å². The average Bonchev–Trinajstić information content (AvgIpc) is 2.52. The van der Waals surface area contributed by atoms with E-state index in [0.717, 1.165) is 25.9 Å². The molecular weight excluding hydrogens is 290 g/mol. The number of likely N-dealkylation sites (tertiary alicyclic amines) is 1. The number of benzene rings is 1. The van der Waals surface area contributed by atoms with Crippen LogP contribution in [0.2, 0.25) is 0 Å². The Labute approximate surface area is 138 Å². The highest BCUT2D eigenvalue weighted by molar-refractivity contribution is 5.78. The second-order valence-corrected chi connectivity index (χ2v) is 6.56. The first-order chi connectivity index (χ1) is 10.9. The van der Waals surface area contributed by atoms with Crippen molar-refractivity contribution in [3.05, 3.63) is 34.9 Å². The van der Waals surface area contributed by atoms with Crippen LogP contribution in [0.1, 0.15) is 29.5 Å². The van der Waals surface area contributed by atoms with Crippen molar-refractivity contribution in [2.24, 2.45) is 11.7 Å². The first kappa shape index (κ1) is 17.5. The summed E-state index contributed by atoms with van der Waals surface area (Å²) >= 11 is 0. The van der Waals surface area contributed by atoms with E-state index in [9.17, 15) is 9.59 Å². The van der Waals surface area contributed by atoms with Gasteiger partial charge in [0.2, 0.25) is 11.8 Å². The van der Waals surface area contributed by atoms with Crippen LogP contribution in [0.15, 0.2) is 18.2 Å². The number of likely N-dealkylation sites (N-methyl/N-ethyl adjacent to an activating group) is 1. The minimum absolute atomic E-state index is 0.0333. The van der Waals surface area contributed by atoms with Gasteiger partial charge in [-0.2, -0.15) is 0 Å². The van der Waals surface area contributed by atoms with Gasteiger partial charge in [-0.25, -0.2) is 0 Å². The normalized spacial score (nSPS) is 16.3. The molecule has 0 aromatic heterocycles. The minimum Gasteiger partial charge on any atom is -0.369 e. The first-order valence-corrected chi connectivity index (χ1v) is 8.19. The maximum atomic E-state index is 12.4. The molecular formula is C18H27N3O2. The highest BCUT2D eigenvalue weighted by Gasteiger charge is 2.25. The van der Waals surface area contributed by atoms with Gasteiger partial charge in [0.05, 0.1) is 6.54 Å². The van der Waals surface area contributed by atoms with Gasteiger partial charge in [0.1, 0.15) is 0 Å². The standard InChI is InChI=1S/C18H27N3O2/c1-13-5-4-6-16(14(13)2)11-20(3)17(22)12-21-9-7-15(8-10-21)18(19)23/h4-6,15H,7-12H2,1-3H3,(H2,19,23). The Hall–Kier alpha value is -1.88. The lowest BCUT2D eigenvalue weighted by Gasteiger charge is -2.31. The molecule has 0 atom stereocenters. The zero-order chi connectivity index (χ0) is 17.0. The second kappa shape index (κ2) is 7.59. The third-order valence-corrected chi connectivity index (χ3v) is 4.90.